The molecule has 3 heteroatoms. The molecule has 114 valence electrons. The summed E-state index contributed by atoms with van der Waals surface area (Å²) < 4.78 is 5.71. The molecule has 0 bridgehead atoms. The molecular formula is C16H32O3. The smallest absolute Gasteiger partial charge is 0.306 e. The van der Waals surface area contributed by atoms with Crippen molar-refractivity contribution in [2.24, 2.45) is 5.92 Å². The van der Waals surface area contributed by atoms with E-state index in [1.165, 1.54) is 38.5 Å². The fourth-order valence-corrected chi connectivity index (χ4v) is 2.04. The van der Waals surface area contributed by atoms with Gasteiger partial charge in [-0.1, -0.05) is 52.4 Å². The van der Waals surface area contributed by atoms with E-state index in [1.54, 1.807) is 6.92 Å². The van der Waals surface area contributed by atoms with Crippen molar-refractivity contribution in [2.75, 3.05) is 6.61 Å². The summed E-state index contributed by atoms with van der Waals surface area (Å²) in [7, 11) is 0. The van der Waals surface area contributed by atoms with E-state index < -0.39 is 5.97 Å². The van der Waals surface area contributed by atoms with Crippen molar-refractivity contribution in [3.63, 3.8) is 0 Å². The Kier molecular flexibility index (Phi) is 12.1. The average molecular weight is 272 g/mol. The van der Waals surface area contributed by atoms with Crippen LogP contribution in [0.2, 0.25) is 0 Å². The second-order valence-corrected chi connectivity index (χ2v) is 5.62. The molecule has 0 aromatic carbocycles. The Bertz CT molecular complexity index is 216. The molecule has 0 aromatic rings. The van der Waals surface area contributed by atoms with E-state index in [9.17, 15) is 4.79 Å². The first-order valence-electron chi connectivity index (χ1n) is 7.92. The van der Waals surface area contributed by atoms with Crippen molar-refractivity contribution in [3.05, 3.63) is 0 Å². The molecule has 2 unspecified atom stereocenters. The van der Waals surface area contributed by atoms with Crippen LogP contribution in [0.3, 0.4) is 0 Å². The molecule has 0 aliphatic heterocycles. The third kappa shape index (κ3) is 12.2. The van der Waals surface area contributed by atoms with Gasteiger partial charge in [0.25, 0.3) is 0 Å². The molecule has 0 saturated carbocycles. The van der Waals surface area contributed by atoms with E-state index in [0.717, 1.165) is 19.4 Å². The highest BCUT2D eigenvalue weighted by atomic mass is 16.5. The van der Waals surface area contributed by atoms with Crippen molar-refractivity contribution in [1.29, 1.82) is 0 Å². The van der Waals surface area contributed by atoms with Gasteiger partial charge in [-0.15, -0.1) is 0 Å². The fraction of sp³-hybridized carbons (Fsp3) is 0.938. The Labute approximate surface area is 118 Å². The minimum atomic E-state index is -0.709. The minimum Gasteiger partial charge on any atom is -0.481 e. The van der Waals surface area contributed by atoms with Crippen molar-refractivity contribution in [3.8, 4) is 0 Å². The topological polar surface area (TPSA) is 46.5 Å². The number of aliphatic carboxylic acids is 1. The maximum atomic E-state index is 10.7. The van der Waals surface area contributed by atoms with Crippen molar-refractivity contribution >= 4 is 5.97 Å². The predicted octanol–water partition coefficient (Wildman–Crippen LogP) is 4.64. The average Bonchev–Trinajstić information content (AvgIpc) is 2.38. The normalized spacial score (nSPS) is 14.3. The first kappa shape index (κ1) is 18.4. The van der Waals surface area contributed by atoms with Crippen molar-refractivity contribution < 1.29 is 14.6 Å². The number of hydrogen-bond donors (Lipinski definition) is 1. The zero-order chi connectivity index (χ0) is 14.5. The maximum absolute atomic E-state index is 10.7. The molecule has 0 saturated heterocycles. The van der Waals surface area contributed by atoms with Gasteiger partial charge in [0.05, 0.1) is 12.0 Å². The van der Waals surface area contributed by atoms with Crippen molar-refractivity contribution in [1.82, 2.24) is 0 Å². The molecule has 1 N–H and O–H groups in total. The summed E-state index contributed by atoms with van der Waals surface area (Å²) in [6.45, 7) is 6.85. The lowest BCUT2D eigenvalue weighted by Gasteiger charge is -2.14. The quantitative estimate of drug-likeness (QED) is 0.497. The molecule has 2 atom stereocenters. The molecule has 0 aliphatic carbocycles. The second-order valence-electron chi connectivity index (χ2n) is 5.62. The van der Waals surface area contributed by atoms with Crippen LogP contribution in [0.1, 0.15) is 78.6 Å². The van der Waals surface area contributed by atoms with Gasteiger partial charge in [-0.2, -0.15) is 0 Å². The molecule has 0 radical (unpaired) electrons. The highest BCUT2D eigenvalue weighted by molar-refractivity contribution is 5.69. The van der Waals surface area contributed by atoms with E-state index in [-0.39, 0.29) is 12.0 Å². The zero-order valence-electron chi connectivity index (χ0n) is 13.0. The fourth-order valence-electron chi connectivity index (χ4n) is 2.04. The maximum Gasteiger partial charge on any atom is 0.306 e. The highest BCUT2D eigenvalue weighted by Crippen LogP contribution is 2.11. The summed E-state index contributed by atoms with van der Waals surface area (Å²) in [5.41, 5.74) is 0. The first-order valence-corrected chi connectivity index (χ1v) is 7.92. The Morgan fingerprint density at radius 3 is 2.16 bits per heavy atom. The van der Waals surface area contributed by atoms with Gasteiger partial charge in [-0.05, 0) is 26.2 Å². The third-order valence-electron chi connectivity index (χ3n) is 3.58. The van der Waals surface area contributed by atoms with Crippen LogP contribution >= 0.6 is 0 Å². The van der Waals surface area contributed by atoms with Gasteiger partial charge in [0.15, 0.2) is 0 Å². The van der Waals surface area contributed by atoms with Gasteiger partial charge in [0.2, 0.25) is 0 Å². The summed E-state index contributed by atoms with van der Waals surface area (Å²) in [6.07, 6.45) is 10.8. The molecule has 3 nitrogen and oxygen atoms in total. The number of carboxylic acids is 1. The largest absolute Gasteiger partial charge is 0.481 e. The predicted molar refractivity (Wildman–Crippen MR) is 79.4 cm³/mol. The highest BCUT2D eigenvalue weighted by Gasteiger charge is 2.12. The first-order chi connectivity index (χ1) is 9.07. The van der Waals surface area contributed by atoms with E-state index in [0.29, 0.717) is 6.42 Å². The van der Waals surface area contributed by atoms with Crippen LogP contribution in [-0.4, -0.2) is 23.8 Å². The number of carboxylic acid groups (broad SMARTS) is 1. The lowest BCUT2D eigenvalue weighted by atomic mass is 10.0. The molecule has 0 amide bonds. The van der Waals surface area contributed by atoms with Crippen LogP contribution in [0, 0.1) is 5.92 Å². The van der Waals surface area contributed by atoms with Crippen LogP contribution in [0.5, 0.6) is 0 Å². The molecule has 19 heavy (non-hydrogen) atoms. The number of hydrogen-bond acceptors (Lipinski definition) is 2. The lowest BCUT2D eigenvalue weighted by Crippen LogP contribution is -2.15. The number of carbonyl (C=O) groups is 1. The van der Waals surface area contributed by atoms with E-state index in [4.69, 9.17) is 9.84 Å². The Morgan fingerprint density at radius 2 is 1.58 bits per heavy atom. The SMILES string of the molecule is CCCCCCCCCOC(C)CCC(C)C(=O)O. The van der Waals surface area contributed by atoms with E-state index in [1.807, 2.05) is 6.92 Å². The number of rotatable bonds is 13. The van der Waals surface area contributed by atoms with Gasteiger partial charge < -0.3 is 9.84 Å². The van der Waals surface area contributed by atoms with Gasteiger partial charge in [-0.25, -0.2) is 0 Å². The number of unbranched alkanes of at least 4 members (excludes halogenated alkanes) is 6. The summed E-state index contributed by atoms with van der Waals surface area (Å²) >= 11 is 0. The Morgan fingerprint density at radius 1 is 1.00 bits per heavy atom. The lowest BCUT2D eigenvalue weighted by molar-refractivity contribution is -0.141. The second kappa shape index (κ2) is 12.5. The summed E-state index contributed by atoms with van der Waals surface area (Å²) in [6, 6.07) is 0. The summed E-state index contributed by atoms with van der Waals surface area (Å²) in [4.78, 5) is 10.7. The van der Waals surface area contributed by atoms with Gasteiger partial charge in [-0.3, -0.25) is 4.79 Å². The molecule has 0 rings (SSSR count). The van der Waals surface area contributed by atoms with E-state index >= 15 is 0 Å². The molecule has 0 heterocycles. The van der Waals surface area contributed by atoms with Crippen LogP contribution in [0.4, 0.5) is 0 Å². The molecular weight excluding hydrogens is 240 g/mol. The van der Waals surface area contributed by atoms with Crippen LogP contribution in [0.25, 0.3) is 0 Å². The monoisotopic (exact) mass is 272 g/mol. The standard InChI is InChI=1S/C16H32O3/c1-4-5-6-7-8-9-10-13-19-15(3)12-11-14(2)16(17)18/h14-15H,4-13H2,1-3H3,(H,17,18). The van der Waals surface area contributed by atoms with Gasteiger partial charge >= 0.3 is 5.97 Å². The molecule has 0 fully saturated rings. The van der Waals surface area contributed by atoms with Gasteiger partial charge in [0, 0.05) is 6.61 Å². The van der Waals surface area contributed by atoms with Crippen LogP contribution in [-0.2, 0) is 9.53 Å². The van der Waals surface area contributed by atoms with Crippen molar-refractivity contribution in [2.45, 2.75) is 84.7 Å². The Hall–Kier alpha value is -0.570. The summed E-state index contributed by atoms with van der Waals surface area (Å²) in [5.74, 6) is -0.969. The zero-order valence-corrected chi connectivity index (χ0v) is 13.0. The van der Waals surface area contributed by atoms with E-state index in [2.05, 4.69) is 6.92 Å². The minimum absolute atomic E-state index is 0.182. The molecule has 0 aliphatic rings. The third-order valence-corrected chi connectivity index (χ3v) is 3.58. The van der Waals surface area contributed by atoms with Gasteiger partial charge in [0.1, 0.15) is 0 Å². The molecule has 0 aromatic heterocycles. The Balaban J connectivity index is 3.29. The number of ether oxygens (including phenoxy) is 1. The van der Waals surface area contributed by atoms with Crippen LogP contribution < -0.4 is 0 Å². The summed E-state index contributed by atoms with van der Waals surface area (Å²) in [5, 5.41) is 8.79. The molecule has 0 spiro atoms. The van der Waals surface area contributed by atoms with Crippen LogP contribution in [0.15, 0.2) is 0 Å².